The Morgan fingerprint density at radius 1 is 1.21 bits per heavy atom. The summed E-state index contributed by atoms with van der Waals surface area (Å²) in [6.45, 7) is 2.26. The van der Waals surface area contributed by atoms with E-state index in [1.807, 2.05) is 0 Å². The number of halogens is 3. The Morgan fingerprint density at radius 2 is 1.95 bits per heavy atom. The zero-order valence-electron chi connectivity index (χ0n) is 10.7. The van der Waals surface area contributed by atoms with E-state index in [0.717, 1.165) is 6.07 Å². The molecule has 2 rings (SSSR count). The molecule has 1 heterocycles. The Hall–Kier alpha value is -1.69. The average Bonchev–Trinajstić information content (AvgIpc) is 2.33. The van der Waals surface area contributed by atoms with Crippen LogP contribution >= 0.6 is 0 Å². The molecule has 0 spiro atoms. The van der Waals surface area contributed by atoms with Crippen LogP contribution in [0.5, 0.6) is 0 Å². The molecule has 2 aromatic rings. The molecule has 0 aliphatic carbocycles. The molecule has 102 valence electrons. The monoisotopic (exact) mass is 269 g/mol. The minimum absolute atomic E-state index is 0.0198. The second kappa shape index (κ2) is 5.13. The van der Waals surface area contributed by atoms with E-state index in [1.54, 1.807) is 20.0 Å². The normalized spacial score (nSPS) is 12.1. The van der Waals surface area contributed by atoms with E-state index < -0.39 is 11.7 Å². The van der Waals surface area contributed by atoms with Crippen LogP contribution in [0.25, 0.3) is 10.9 Å². The van der Waals surface area contributed by atoms with Crippen LogP contribution < -0.4 is 5.32 Å². The van der Waals surface area contributed by atoms with Gasteiger partial charge in [0.25, 0.3) is 0 Å². The molecule has 3 nitrogen and oxygen atoms in total. The van der Waals surface area contributed by atoms with Gasteiger partial charge in [0.2, 0.25) is 0 Å². The van der Waals surface area contributed by atoms with Gasteiger partial charge in [0.1, 0.15) is 5.82 Å². The van der Waals surface area contributed by atoms with E-state index in [4.69, 9.17) is 0 Å². The number of hydrogen-bond donors (Lipinski definition) is 1. The van der Waals surface area contributed by atoms with Crippen molar-refractivity contribution in [1.82, 2.24) is 15.3 Å². The SMILES string of the molecule is CNCCc1nc(C)nc2c(C(F)(F)F)cccc12. The van der Waals surface area contributed by atoms with E-state index in [1.165, 1.54) is 6.07 Å². The van der Waals surface area contributed by atoms with Crippen LogP contribution in [0.2, 0.25) is 0 Å². The van der Waals surface area contributed by atoms with Gasteiger partial charge in [0, 0.05) is 18.4 Å². The van der Waals surface area contributed by atoms with E-state index in [0.29, 0.717) is 29.9 Å². The maximum Gasteiger partial charge on any atom is 0.418 e. The predicted octanol–water partition coefficient (Wildman–Crippen LogP) is 2.72. The Balaban J connectivity index is 2.66. The third kappa shape index (κ3) is 2.84. The topological polar surface area (TPSA) is 37.8 Å². The van der Waals surface area contributed by atoms with Crippen LogP contribution in [0, 0.1) is 6.92 Å². The summed E-state index contributed by atoms with van der Waals surface area (Å²) in [4.78, 5) is 8.20. The number of fused-ring (bicyclic) bond motifs is 1. The van der Waals surface area contributed by atoms with Crippen molar-refractivity contribution in [3.8, 4) is 0 Å². The molecule has 0 atom stereocenters. The lowest BCUT2D eigenvalue weighted by Gasteiger charge is -2.12. The number of aromatic nitrogens is 2. The van der Waals surface area contributed by atoms with Gasteiger partial charge >= 0.3 is 6.18 Å². The first-order valence-corrected chi connectivity index (χ1v) is 5.91. The van der Waals surface area contributed by atoms with Crippen molar-refractivity contribution >= 4 is 10.9 Å². The number of alkyl halides is 3. The van der Waals surface area contributed by atoms with E-state index >= 15 is 0 Å². The van der Waals surface area contributed by atoms with Crippen molar-refractivity contribution < 1.29 is 13.2 Å². The maximum absolute atomic E-state index is 13.0. The predicted molar refractivity (Wildman–Crippen MR) is 66.9 cm³/mol. The van der Waals surface area contributed by atoms with Crippen LogP contribution in [-0.2, 0) is 12.6 Å². The fraction of sp³-hybridized carbons (Fsp3) is 0.385. The summed E-state index contributed by atoms with van der Waals surface area (Å²) in [5.41, 5.74) is -0.0854. The van der Waals surface area contributed by atoms with Gasteiger partial charge in [0.05, 0.1) is 16.8 Å². The number of para-hydroxylation sites is 1. The summed E-state index contributed by atoms with van der Waals surface area (Å²) in [6.07, 6.45) is -3.84. The second-order valence-electron chi connectivity index (χ2n) is 4.27. The maximum atomic E-state index is 13.0. The molecule has 1 aromatic carbocycles. The number of nitrogens with one attached hydrogen (secondary N) is 1. The lowest BCUT2D eigenvalue weighted by molar-refractivity contribution is -0.136. The van der Waals surface area contributed by atoms with Gasteiger partial charge in [-0.05, 0) is 20.0 Å². The highest BCUT2D eigenvalue weighted by atomic mass is 19.4. The summed E-state index contributed by atoms with van der Waals surface area (Å²) in [5, 5.41) is 3.43. The summed E-state index contributed by atoms with van der Waals surface area (Å²) in [6, 6.07) is 4.08. The first kappa shape index (κ1) is 13.7. The summed E-state index contributed by atoms with van der Waals surface area (Å²) in [5.74, 6) is 0.357. The largest absolute Gasteiger partial charge is 0.418 e. The van der Waals surface area contributed by atoms with Gasteiger partial charge in [-0.2, -0.15) is 13.2 Å². The molecule has 0 aliphatic rings. The minimum atomic E-state index is -4.40. The molecule has 0 amide bonds. The van der Waals surface area contributed by atoms with E-state index in [9.17, 15) is 13.2 Å². The molecular weight excluding hydrogens is 255 g/mol. The van der Waals surface area contributed by atoms with Gasteiger partial charge in [0.15, 0.2) is 0 Å². The van der Waals surface area contributed by atoms with Crippen molar-refractivity contribution in [3.63, 3.8) is 0 Å². The fourth-order valence-corrected chi connectivity index (χ4v) is 2.00. The van der Waals surface area contributed by atoms with Crippen LogP contribution in [0.1, 0.15) is 17.1 Å². The van der Waals surface area contributed by atoms with Crippen molar-refractivity contribution in [3.05, 3.63) is 35.3 Å². The first-order valence-electron chi connectivity index (χ1n) is 5.91. The molecule has 0 bridgehead atoms. The Morgan fingerprint density at radius 3 is 2.58 bits per heavy atom. The summed E-state index contributed by atoms with van der Waals surface area (Å²) < 4.78 is 38.9. The highest BCUT2D eigenvalue weighted by molar-refractivity contribution is 5.84. The zero-order chi connectivity index (χ0) is 14.0. The standard InChI is InChI=1S/C13H14F3N3/c1-8-18-11(6-7-17-2)9-4-3-5-10(12(9)19-8)13(14,15)16/h3-5,17H,6-7H2,1-2H3. The van der Waals surface area contributed by atoms with Gasteiger partial charge < -0.3 is 5.32 Å². The first-order chi connectivity index (χ1) is 8.93. The number of aryl methyl sites for hydroxylation is 1. The fourth-order valence-electron chi connectivity index (χ4n) is 2.00. The average molecular weight is 269 g/mol. The Bertz CT molecular complexity index is 593. The van der Waals surface area contributed by atoms with Crippen LogP contribution in [0.4, 0.5) is 13.2 Å². The number of benzene rings is 1. The lowest BCUT2D eigenvalue weighted by Crippen LogP contribution is -2.13. The van der Waals surface area contributed by atoms with Gasteiger partial charge in [-0.25, -0.2) is 9.97 Å². The molecule has 0 saturated heterocycles. The number of hydrogen-bond acceptors (Lipinski definition) is 3. The molecule has 19 heavy (non-hydrogen) atoms. The molecule has 0 fully saturated rings. The molecule has 6 heteroatoms. The number of rotatable bonds is 3. The van der Waals surface area contributed by atoms with Crippen molar-refractivity contribution in [2.24, 2.45) is 0 Å². The highest BCUT2D eigenvalue weighted by Crippen LogP contribution is 2.34. The Kier molecular flexibility index (Phi) is 3.71. The van der Waals surface area contributed by atoms with Crippen molar-refractivity contribution in [1.29, 1.82) is 0 Å². The summed E-state index contributed by atoms with van der Waals surface area (Å²) in [7, 11) is 1.79. The molecule has 0 aliphatic heterocycles. The van der Waals surface area contributed by atoms with Crippen molar-refractivity contribution in [2.45, 2.75) is 19.5 Å². The van der Waals surface area contributed by atoms with Crippen LogP contribution in [0.3, 0.4) is 0 Å². The Labute approximate surface area is 108 Å². The molecule has 0 saturated carbocycles. The molecule has 0 unspecified atom stereocenters. The minimum Gasteiger partial charge on any atom is -0.319 e. The second-order valence-corrected chi connectivity index (χ2v) is 4.27. The zero-order valence-corrected chi connectivity index (χ0v) is 10.7. The third-order valence-electron chi connectivity index (χ3n) is 2.83. The van der Waals surface area contributed by atoms with Gasteiger partial charge in [-0.3, -0.25) is 0 Å². The molecular formula is C13H14F3N3. The van der Waals surface area contributed by atoms with Gasteiger partial charge in [-0.15, -0.1) is 0 Å². The lowest BCUT2D eigenvalue weighted by atomic mass is 10.1. The number of nitrogens with zero attached hydrogens (tertiary/aromatic N) is 2. The summed E-state index contributed by atoms with van der Waals surface area (Å²) >= 11 is 0. The molecule has 1 N–H and O–H groups in total. The third-order valence-corrected chi connectivity index (χ3v) is 2.83. The highest BCUT2D eigenvalue weighted by Gasteiger charge is 2.33. The van der Waals surface area contributed by atoms with Crippen molar-refractivity contribution in [2.75, 3.05) is 13.6 Å². The smallest absolute Gasteiger partial charge is 0.319 e. The van der Waals surface area contributed by atoms with Crippen LogP contribution in [-0.4, -0.2) is 23.6 Å². The van der Waals surface area contributed by atoms with E-state index in [-0.39, 0.29) is 5.52 Å². The van der Waals surface area contributed by atoms with Crippen LogP contribution in [0.15, 0.2) is 18.2 Å². The van der Waals surface area contributed by atoms with Gasteiger partial charge in [-0.1, -0.05) is 12.1 Å². The number of likely N-dealkylation sites (N-methyl/N-ethyl adjacent to an activating group) is 1. The molecule has 0 radical (unpaired) electrons. The van der Waals surface area contributed by atoms with E-state index in [2.05, 4.69) is 15.3 Å². The quantitative estimate of drug-likeness (QED) is 0.931. The molecule has 1 aromatic heterocycles.